The van der Waals surface area contributed by atoms with Crippen LogP contribution in [0.2, 0.25) is 0 Å². The van der Waals surface area contributed by atoms with Crippen molar-refractivity contribution in [3.8, 4) is 5.75 Å². The number of aliphatic hydroxyl groups is 1. The smallest absolute Gasteiger partial charge is 0.308 e. The van der Waals surface area contributed by atoms with Crippen LogP contribution >= 0.6 is 0 Å². The molecule has 1 aromatic heterocycles. The minimum Gasteiger partial charge on any atom is -0.497 e. The van der Waals surface area contributed by atoms with E-state index in [0.29, 0.717) is 19.4 Å². The van der Waals surface area contributed by atoms with E-state index in [4.69, 9.17) is 4.74 Å². The molecule has 1 aliphatic heterocycles. The van der Waals surface area contributed by atoms with Crippen LogP contribution in [0, 0.1) is 18.8 Å². The van der Waals surface area contributed by atoms with Gasteiger partial charge in [-0.05, 0) is 105 Å². The van der Waals surface area contributed by atoms with Crippen LogP contribution in [0.1, 0.15) is 54.9 Å². The molecule has 36 heavy (non-hydrogen) atoms. The molecule has 6 nitrogen and oxygen atoms in total. The predicted molar refractivity (Wildman–Crippen MR) is 142 cm³/mol. The molecule has 1 fully saturated rings. The molecular weight excluding hydrogens is 452 g/mol. The lowest BCUT2D eigenvalue weighted by Crippen LogP contribution is -2.44. The molecule has 192 valence electrons. The van der Waals surface area contributed by atoms with Gasteiger partial charge in [0.1, 0.15) is 5.75 Å². The van der Waals surface area contributed by atoms with E-state index in [2.05, 4.69) is 41.1 Å². The number of rotatable bonds is 11. The molecular formula is C30H38N2O4. The summed E-state index contributed by atoms with van der Waals surface area (Å²) in [6.45, 7) is 4.61. The number of carbonyl (C=O) groups is 1. The molecule has 1 aliphatic rings. The molecule has 2 heterocycles. The lowest BCUT2D eigenvalue weighted by atomic mass is 9.81. The number of piperidine rings is 1. The molecule has 1 saturated heterocycles. The number of benzene rings is 2. The summed E-state index contributed by atoms with van der Waals surface area (Å²) < 4.78 is 5.35. The fourth-order valence-corrected chi connectivity index (χ4v) is 5.53. The number of ether oxygens (including phenoxy) is 1. The molecule has 0 radical (unpaired) electrons. The van der Waals surface area contributed by atoms with Gasteiger partial charge in [0.15, 0.2) is 0 Å². The average Bonchev–Trinajstić information content (AvgIpc) is 2.90. The molecule has 2 N–H and O–H groups in total. The lowest BCUT2D eigenvalue weighted by molar-refractivity contribution is -0.146. The predicted octanol–water partition coefficient (Wildman–Crippen LogP) is 5.41. The number of methoxy groups -OCH3 is 1. The van der Waals surface area contributed by atoms with Crippen LogP contribution in [0.4, 0.5) is 0 Å². The number of carboxylic acids is 1. The zero-order chi connectivity index (χ0) is 25.5. The molecule has 2 aromatic carbocycles. The van der Waals surface area contributed by atoms with Crippen LogP contribution in [0.15, 0.2) is 54.7 Å². The Morgan fingerprint density at radius 1 is 1.19 bits per heavy atom. The fraction of sp³-hybridized carbons (Fsp3) is 0.467. The number of nitrogens with zero attached hydrogens (tertiary/aromatic N) is 2. The van der Waals surface area contributed by atoms with Crippen LogP contribution in [-0.4, -0.2) is 52.8 Å². The van der Waals surface area contributed by atoms with Crippen LogP contribution in [0.25, 0.3) is 10.9 Å². The zero-order valence-corrected chi connectivity index (χ0v) is 21.4. The van der Waals surface area contributed by atoms with Gasteiger partial charge in [0, 0.05) is 18.1 Å². The molecule has 0 unspecified atom stereocenters. The monoisotopic (exact) mass is 490 g/mol. The van der Waals surface area contributed by atoms with E-state index in [0.717, 1.165) is 61.0 Å². The van der Waals surface area contributed by atoms with Crippen molar-refractivity contribution in [3.63, 3.8) is 0 Å². The van der Waals surface area contributed by atoms with Crippen molar-refractivity contribution < 1.29 is 19.7 Å². The highest BCUT2D eigenvalue weighted by atomic mass is 16.5. The van der Waals surface area contributed by atoms with Crippen molar-refractivity contribution in [2.75, 3.05) is 26.7 Å². The molecule has 0 spiro atoms. The minimum atomic E-state index is -0.724. The van der Waals surface area contributed by atoms with Gasteiger partial charge in [-0.2, -0.15) is 0 Å². The Kier molecular flexibility index (Phi) is 8.94. The van der Waals surface area contributed by atoms with E-state index in [-0.39, 0.29) is 5.92 Å². The number of fused-ring (bicyclic) bond motifs is 1. The summed E-state index contributed by atoms with van der Waals surface area (Å²) in [7, 11) is 1.62. The first-order valence-corrected chi connectivity index (χ1v) is 13.1. The molecule has 4 rings (SSSR count). The number of hydrogen-bond donors (Lipinski definition) is 2. The van der Waals surface area contributed by atoms with Gasteiger partial charge in [0.25, 0.3) is 0 Å². The van der Waals surface area contributed by atoms with Crippen molar-refractivity contribution >= 4 is 16.9 Å². The van der Waals surface area contributed by atoms with E-state index >= 15 is 0 Å². The average molecular weight is 491 g/mol. The van der Waals surface area contributed by atoms with Crippen LogP contribution in [0.3, 0.4) is 0 Å². The third-order valence-electron chi connectivity index (χ3n) is 7.74. The van der Waals surface area contributed by atoms with Gasteiger partial charge < -0.3 is 19.8 Å². The summed E-state index contributed by atoms with van der Waals surface area (Å²) >= 11 is 0. The van der Waals surface area contributed by atoms with Gasteiger partial charge in [-0.15, -0.1) is 0 Å². The summed E-state index contributed by atoms with van der Waals surface area (Å²) in [4.78, 5) is 18.8. The molecule has 0 bridgehead atoms. The van der Waals surface area contributed by atoms with E-state index in [1.165, 1.54) is 11.1 Å². The summed E-state index contributed by atoms with van der Waals surface area (Å²) in [5.74, 6) is -0.320. The molecule has 6 heteroatoms. The molecule has 0 amide bonds. The van der Waals surface area contributed by atoms with Crippen molar-refractivity contribution in [1.82, 2.24) is 9.88 Å². The minimum absolute atomic E-state index is 0.0722. The van der Waals surface area contributed by atoms with Gasteiger partial charge in [-0.3, -0.25) is 9.78 Å². The highest BCUT2D eigenvalue weighted by molar-refractivity contribution is 5.83. The highest BCUT2D eigenvalue weighted by Gasteiger charge is 2.34. The topological polar surface area (TPSA) is 82.9 Å². The van der Waals surface area contributed by atoms with E-state index in [9.17, 15) is 15.0 Å². The van der Waals surface area contributed by atoms with Crippen LogP contribution in [-0.2, 0) is 11.2 Å². The Morgan fingerprint density at radius 3 is 2.81 bits per heavy atom. The van der Waals surface area contributed by atoms with Crippen molar-refractivity contribution in [3.05, 3.63) is 71.4 Å². The first-order chi connectivity index (χ1) is 17.5. The summed E-state index contributed by atoms with van der Waals surface area (Å²) in [5, 5.41) is 21.8. The number of carboxylic acid groups (broad SMARTS) is 1. The second kappa shape index (κ2) is 12.3. The number of hydrogen-bond acceptors (Lipinski definition) is 5. The maximum Gasteiger partial charge on any atom is 0.308 e. The van der Waals surface area contributed by atoms with E-state index in [1.807, 2.05) is 24.3 Å². The first-order valence-electron chi connectivity index (χ1n) is 13.1. The van der Waals surface area contributed by atoms with Gasteiger partial charge in [-0.1, -0.05) is 24.3 Å². The SMILES string of the molecule is COc1ccc2nccc([C@@H](O)CC[C@@H]3CCN(CCCCc4ccccc4C)C[C@@H]3C(=O)O)c2c1. The van der Waals surface area contributed by atoms with Crippen molar-refractivity contribution in [2.45, 2.75) is 51.6 Å². The third kappa shape index (κ3) is 6.42. The number of likely N-dealkylation sites (tertiary alicyclic amines) is 1. The van der Waals surface area contributed by atoms with E-state index in [1.54, 1.807) is 13.3 Å². The number of aromatic nitrogens is 1. The quantitative estimate of drug-likeness (QED) is 0.350. The number of pyridine rings is 1. The maximum atomic E-state index is 12.1. The van der Waals surface area contributed by atoms with Crippen molar-refractivity contribution in [2.24, 2.45) is 11.8 Å². The lowest BCUT2D eigenvalue weighted by Gasteiger charge is -2.37. The van der Waals surface area contributed by atoms with Crippen LogP contribution < -0.4 is 4.74 Å². The third-order valence-corrected chi connectivity index (χ3v) is 7.74. The normalized spacial score (nSPS) is 19.3. The zero-order valence-electron chi connectivity index (χ0n) is 21.4. The molecule has 0 saturated carbocycles. The van der Waals surface area contributed by atoms with Crippen LogP contribution in [0.5, 0.6) is 5.75 Å². The standard InChI is InChI=1S/C30H38N2O4/c1-21-7-3-4-8-22(21)9-5-6-17-32-18-15-23(27(20-32)30(34)35)10-13-29(33)25-14-16-31-28-12-11-24(36-2)19-26(25)28/h3-4,7-8,11-12,14,16,19,23,27,29,33H,5-6,9-10,13,15,17-18,20H2,1-2H3,(H,34,35)/t23-,27+,29+/m1/s1. The van der Waals surface area contributed by atoms with Gasteiger partial charge in [0.2, 0.25) is 0 Å². The Labute approximate surface area is 213 Å². The number of aliphatic hydroxyl groups excluding tert-OH is 1. The molecule has 0 aliphatic carbocycles. The molecule has 3 aromatic rings. The fourth-order valence-electron chi connectivity index (χ4n) is 5.53. The summed E-state index contributed by atoms with van der Waals surface area (Å²) in [6.07, 6.45) is 6.36. The molecule has 3 atom stereocenters. The Morgan fingerprint density at radius 2 is 2.03 bits per heavy atom. The van der Waals surface area contributed by atoms with E-state index < -0.39 is 18.0 Å². The van der Waals surface area contributed by atoms with Crippen molar-refractivity contribution in [1.29, 1.82) is 0 Å². The van der Waals surface area contributed by atoms with Gasteiger partial charge in [0.05, 0.1) is 24.6 Å². The number of aryl methyl sites for hydroxylation is 2. The largest absolute Gasteiger partial charge is 0.497 e. The van der Waals surface area contributed by atoms with Gasteiger partial charge >= 0.3 is 5.97 Å². The second-order valence-corrected chi connectivity index (χ2v) is 10.1. The Bertz CT molecular complexity index is 1160. The number of aliphatic carboxylic acids is 1. The first kappa shape index (κ1) is 26.1. The second-order valence-electron chi connectivity index (χ2n) is 10.1. The Hall–Kier alpha value is -2.96. The summed E-state index contributed by atoms with van der Waals surface area (Å²) in [6, 6.07) is 16.0. The van der Waals surface area contributed by atoms with Gasteiger partial charge in [-0.25, -0.2) is 0 Å². The summed E-state index contributed by atoms with van der Waals surface area (Å²) in [5.41, 5.74) is 4.37. The number of unbranched alkanes of at least 4 members (excludes halogenated alkanes) is 1. The maximum absolute atomic E-state index is 12.1. The Balaban J connectivity index is 1.30. The highest BCUT2D eigenvalue weighted by Crippen LogP contribution is 2.33.